The van der Waals surface area contributed by atoms with Crippen molar-refractivity contribution in [2.24, 2.45) is 4.99 Å². The van der Waals surface area contributed by atoms with Crippen LogP contribution in [-0.4, -0.2) is 22.5 Å². The fraction of sp³-hybridized carbons (Fsp3) is 0.286. The highest BCUT2D eigenvalue weighted by atomic mass is 32.1. The Kier molecular flexibility index (Phi) is 7.13. The van der Waals surface area contributed by atoms with Gasteiger partial charge in [-0.1, -0.05) is 12.1 Å². The van der Waals surface area contributed by atoms with Crippen molar-refractivity contribution in [2.75, 3.05) is 6.54 Å². The molecule has 8 heteroatoms. The van der Waals surface area contributed by atoms with E-state index in [2.05, 4.69) is 25.6 Å². The van der Waals surface area contributed by atoms with Gasteiger partial charge in [0.25, 0.3) is 0 Å². The van der Waals surface area contributed by atoms with Crippen LogP contribution in [0.25, 0.3) is 0 Å². The molecule has 6 nitrogen and oxygen atoms in total. The molecular formula is C21H24FN5OS. The molecule has 1 aromatic carbocycles. The number of halogens is 1. The zero-order chi connectivity index (χ0) is 20.6. The molecule has 0 aliphatic heterocycles. The first kappa shape index (κ1) is 20.7. The minimum absolute atomic E-state index is 0.356. The Morgan fingerprint density at radius 3 is 2.79 bits per heavy atom. The summed E-state index contributed by atoms with van der Waals surface area (Å²) in [4.78, 5) is 14.6. The highest BCUT2D eigenvalue weighted by Gasteiger charge is 2.09. The second-order valence-electron chi connectivity index (χ2n) is 6.32. The second-order valence-corrected chi connectivity index (χ2v) is 7.61. The average molecular weight is 414 g/mol. The normalized spacial score (nSPS) is 11.4. The number of rotatable bonds is 7. The highest BCUT2D eigenvalue weighted by Crippen LogP contribution is 2.24. The fourth-order valence-electron chi connectivity index (χ4n) is 2.69. The van der Waals surface area contributed by atoms with Crippen LogP contribution >= 0.6 is 11.3 Å². The average Bonchev–Trinajstić information content (AvgIpc) is 3.02. The maximum absolute atomic E-state index is 13.4. The van der Waals surface area contributed by atoms with Crippen LogP contribution < -0.4 is 15.4 Å². The molecule has 2 aromatic heterocycles. The van der Waals surface area contributed by atoms with E-state index in [1.807, 2.05) is 32.9 Å². The summed E-state index contributed by atoms with van der Waals surface area (Å²) >= 11 is 1.68. The van der Waals surface area contributed by atoms with Gasteiger partial charge in [-0.25, -0.2) is 19.4 Å². The van der Waals surface area contributed by atoms with Crippen molar-refractivity contribution in [2.45, 2.75) is 33.9 Å². The third-order valence-electron chi connectivity index (χ3n) is 4.03. The van der Waals surface area contributed by atoms with E-state index in [-0.39, 0.29) is 5.82 Å². The van der Waals surface area contributed by atoms with E-state index < -0.39 is 0 Å². The maximum atomic E-state index is 13.4. The van der Waals surface area contributed by atoms with Crippen molar-refractivity contribution in [3.8, 4) is 11.6 Å². The SMILES string of the molecule is CCNC(=NCc1cccnc1Oc1cccc(F)c1)NCc1sc(C)nc1C. The van der Waals surface area contributed by atoms with Gasteiger partial charge in [0.2, 0.25) is 5.88 Å². The molecule has 0 spiro atoms. The standard InChI is InChI=1S/C21H24FN5OS/c1-4-23-21(26-13-19-14(2)27-15(3)29-19)25-12-16-7-6-10-24-20(16)28-18-9-5-8-17(22)11-18/h5-11H,4,12-13H2,1-3H3,(H2,23,25,26). The summed E-state index contributed by atoms with van der Waals surface area (Å²) in [6.07, 6.45) is 1.64. The zero-order valence-corrected chi connectivity index (χ0v) is 17.5. The van der Waals surface area contributed by atoms with Gasteiger partial charge in [-0.05, 0) is 39.0 Å². The molecule has 3 rings (SSSR count). The Morgan fingerprint density at radius 1 is 1.21 bits per heavy atom. The van der Waals surface area contributed by atoms with Gasteiger partial charge >= 0.3 is 0 Å². The van der Waals surface area contributed by atoms with Crippen molar-refractivity contribution < 1.29 is 9.13 Å². The van der Waals surface area contributed by atoms with Crippen LogP contribution in [0.2, 0.25) is 0 Å². The number of aryl methyl sites for hydroxylation is 2. The summed E-state index contributed by atoms with van der Waals surface area (Å²) in [6, 6.07) is 9.71. The van der Waals surface area contributed by atoms with Crippen molar-refractivity contribution >= 4 is 17.3 Å². The third kappa shape index (κ3) is 5.99. The number of hydrogen-bond donors (Lipinski definition) is 2. The zero-order valence-electron chi connectivity index (χ0n) is 16.7. The molecule has 0 saturated carbocycles. The number of ether oxygens (including phenoxy) is 1. The van der Waals surface area contributed by atoms with Crippen molar-refractivity contribution in [1.82, 2.24) is 20.6 Å². The number of guanidine groups is 1. The lowest BCUT2D eigenvalue weighted by Gasteiger charge is -2.12. The molecule has 0 unspecified atom stereocenters. The molecule has 0 amide bonds. The lowest BCUT2D eigenvalue weighted by molar-refractivity contribution is 0.452. The predicted molar refractivity (Wildman–Crippen MR) is 114 cm³/mol. The molecule has 0 aliphatic carbocycles. The van der Waals surface area contributed by atoms with Crippen molar-refractivity contribution in [3.63, 3.8) is 0 Å². The Hall–Kier alpha value is -3.00. The molecular weight excluding hydrogens is 389 g/mol. The van der Waals surface area contributed by atoms with Gasteiger partial charge in [-0.3, -0.25) is 0 Å². The number of thiazole rings is 1. The highest BCUT2D eigenvalue weighted by molar-refractivity contribution is 7.11. The quantitative estimate of drug-likeness (QED) is 0.445. The summed E-state index contributed by atoms with van der Waals surface area (Å²) in [5.41, 5.74) is 1.84. The molecule has 0 atom stereocenters. The number of hydrogen-bond acceptors (Lipinski definition) is 5. The van der Waals surface area contributed by atoms with Crippen molar-refractivity contribution in [3.05, 3.63) is 69.6 Å². The van der Waals surface area contributed by atoms with E-state index >= 15 is 0 Å². The van der Waals surface area contributed by atoms with Crippen LogP contribution in [0, 0.1) is 19.7 Å². The Balaban J connectivity index is 1.71. The third-order valence-corrected chi connectivity index (χ3v) is 5.10. The Bertz CT molecular complexity index is 989. The van der Waals surface area contributed by atoms with Crippen molar-refractivity contribution in [1.29, 1.82) is 0 Å². The lowest BCUT2D eigenvalue weighted by atomic mass is 10.2. The smallest absolute Gasteiger partial charge is 0.224 e. The molecule has 0 aliphatic rings. The molecule has 0 bridgehead atoms. The van der Waals surface area contributed by atoms with Crippen LogP contribution in [0.3, 0.4) is 0 Å². The van der Waals surface area contributed by atoms with E-state index in [1.165, 1.54) is 17.0 Å². The van der Waals surface area contributed by atoms with Crippen LogP contribution in [0.5, 0.6) is 11.6 Å². The predicted octanol–water partition coefficient (Wildman–Crippen LogP) is 4.34. The fourth-order valence-corrected chi connectivity index (χ4v) is 3.56. The van der Waals surface area contributed by atoms with Gasteiger partial charge in [-0.2, -0.15) is 0 Å². The summed E-state index contributed by atoms with van der Waals surface area (Å²) < 4.78 is 19.2. The van der Waals surface area contributed by atoms with E-state index in [9.17, 15) is 4.39 Å². The van der Waals surface area contributed by atoms with Crippen LogP contribution in [0.1, 0.15) is 28.1 Å². The molecule has 3 aromatic rings. The van der Waals surface area contributed by atoms with Crippen LogP contribution in [0.15, 0.2) is 47.6 Å². The summed E-state index contributed by atoms with van der Waals surface area (Å²) in [5.74, 6) is 1.14. The molecule has 152 valence electrons. The Morgan fingerprint density at radius 2 is 2.07 bits per heavy atom. The van der Waals surface area contributed by atoms with Gasteiger partial charge in [-0.15, -0.1) is 11.3 Å². The van der Waals surface area contributed by atoms with E-state index in [0.29, 0.717) is 30.7 Å². The minimum Gasteiger partial charge on any atom is -0.439 e. The second kappa shape index (κ2) is 9.97. The molecule has 0 fully saturated rings. The van der Waals surface area contributed by atoms with Crippen LogP contribution in [-0.2, 0) is 13.1 Å². The van der Waals surface area contributed by atoms with Gasteiger partial charge in [0.05, 0.1) is 23.8 Å². The van der Waals surface area contributed by atoms with Gasteiger partial charge in [0.15, 0.2) is 5.96 Å². The monoisotopic (exact) mass is 413 g/mol. The van der Waals surface area contributed by atoms with Crippen LogP contribution in [0.4, 0.5) is 4.39 Å². The van der Waals surface area contributed by atoms with E-state index in [4.69, 9.17) is 4.74 Å². The largest absolute Gasteiger partial charge is 0.439 e. The number of benzene rings is 1. The Labute approximate surface area is 173 Å². The van der Waals surface area contributed by atoms with Gasteiger partial charge in [0, 0.05) is 29.2 Å². The first-order chi connectivity index (χ1) is 14.0. The topological polar surface area (TPSA) is 71.4 Å². The number of pyridine rings is 1. The lowest BCUT2D eigenvalue weighted by Crippen LogP contribution is -2.36. The van der Waals surface area contributed by atoms with Gasteiger partial charge < -0.3 is 15.4 Å². The number of nitrogens with zero attached hydrogens (tertiary/aromatic N) is 3. The number of aliphatic imine (C=N–C) groups is 1. The summed E-state index contributed by atoms with van der Waals surface area (Å²) in [6.45, 7) is 7.80. The molecule has 2 heterocycles. The number of nitrogens with one attached hydrogen (secondary N) is 2. The van der Waals surface area contributed by atoms with E-state index in [0.717, 1.165) is 22.8 Å². The minimum atomic E-state index is -0.356. The molecule has 0 radical (unpaired) electrons. The molecule has 2 N–H and O–H groups in total. The molecule has 0 saturated heterocycles. The first-order valence-electron chi connectivity index (χ1n) is 9.37. The van der Waals surface area contributed by atoms with Gasteiger partial charge in [0.1, 0.15) is 11.6 Å². The van der Waals surface area contributed by atoms with E-state index in [1.54, 1.807) is 29.7 Å². The molecule has 29 heavy (non-hydrogen) atoms. The number of aromatic nitrogens is 2. The summed E-state index contributed by atoms with van der Waals surface area (Å²) in [7, 11) is 0. The first-order valence-corrected chi connectivity index (χ1v) is 10.2. The summed E-state index contributed by atoms with van der Waals surface area (Å²) in [5, 5.41) is 7.63. The maximum Gasteiger partial charge on any atom is 0.224 e.